The van der Waals surface area contributed by atoms with Crippen molar-refractivity contribution in [1.29, 1.82) is 0 Å². The van der Waals surface area contributed by atoms with E-state index >= 15 is 0 Å². The number of carbonyl (C=O) groups is 1. The summed E-state index contributed by atoms with van der Waals surface area (Å²) < 4.78 is 183. The van der Waals surface area contributed by atoms with E-state index in [1.54, 1.807) is 35.1 Å². The summed E-state index contributed by atoms with van der Waals surface area (Å²) in [5.41, 5.74) is -1.89. The van der Waals surface area contributed by atoms with Crippen molar-refractivity contribution in [2.45, 2.75) is 43.1 Å². The zero-order chi connectivity index (χ0) is 33.2. The highest BCUT2D eigenvalue weighted by Gasteiger charge is 2.80. The van der Waals surface area contributed by atoms with Crippen molar-refractivity contribution in [3.05, 3.63) is 95.6 Å². The lowest BCUT2D eigenvalue weighted by atomic mass is 10.1. The maximum atomic E-state index is 14.5. The van der Waals surface area contributed by atoms with E-state index in [2.05, 4.69) is 4.74 Å². The molecule has 0 heterocycles. The third-order valence-electron chi connectivity index (χ3n) is 5.44. The molecule has 18 heteroatoms. The van der Waals surface area contributed by atoms with Crippen molar-refractivity contribution in [2.24, 2.45) is 0 Å². The van der Waals surface area contributed by atoms with E-state index in [1.165, 1.54) is 24.3 Å². The molecule has 0 aliphatic heterocycles. The van der Waals surface area contributed by atoms with Crippen LogP contribution in [0.25, 0.3) is 0 Å². The molecule has 1 N–H and O–H groups in total. The van der Waals surface area contributed by atoms with Crippen LogP contribution in [0.1, 0.15) is 21.5 Å². The van der Waals surface area contributed by atoms with Crippen molar-refractivity contribution in [3.8, 4) is 5.75 Å². The van der Waals surface area contributed by atoms with Crippen LogP contribution in [0, 0.1) is 0 Å². The van der Waals surface area contributed by atoms with E-state index in [1.807, 2.05) is 5.32 Å². The van der Waals surface area contributed by atoms with Crippen LogP contribution in [0.15, 0.2) is 78.9 Å². The minimum absolute atomic E-state index is 0.0875. The number of halogens is 13. The first-order valence-corrected chi connectivity index (χ1v) is 11.6. The quantitative estimate of drug-likeness (QED) is 0.199. The van der Waals surface area contributed by atoms with E-state index in [9.17, 15) is 61.9 Å². The van der Waals surface area contributed by atoms with Gasteiger partial charge >= 0.3 is 36.5 Å². The molecule has 0 atom stereocenters. The maximum Gasteiger partial charge on any atom is 0.527 e. The summed E-state index contributed by atoms with van der Waals surface area (Å²) >= 11 is 0. The number of alkyl halides is 13. The number of rotatable bonds is 12. The Labute approximate surface area is 238 Å². The number of nitrogens with one attached hydrogen (secondary N) is 1. The standard InChI is InChI=1S/C26H16F13NO4/c27-21(28,23(31,32)43-24(33,34)22(29,30)25(35,36)44-26(37,38)39)17-7-4-8-18(13-17)40-20(41)16-9-11-19(12-10-16)42-14-15-5-2-1-3-6-15/h1-13H,14H2,(H,40,41). The van der Waals surface area contributed by atoms with Gasteiger partial charge in [-0.1, -0.05) is 42.5 Å². The number of benzene rings is 3. The summed E-state index contributed by atoms with van der Waals surface area (Å²) in [7, 11) is 0. The lowest BCUT2D eigenvalue weighted by Crippen LogP contribution is -2.61. The number of carbonyl (C=O) groups excluding carboxylic acids is 1. The topological polar surface area (TPSA) is 56.8 Å². The van der Waals surface area contributed by atoms with Crippen LogP contribution >= 0.6 is 0 Å². The van der Waals surface area contributed by atoms with E-state index in [0.717, 1.165) is 11.6 Å². The predicted octanol–water partition coefficient (Wildman–Crippen LogP) is 8.58. The summed E-state index contributed by atoms with van der Waals surface area (Å²) in [5, 5.41) is 2.02. The van der Waals surface area contributed by atoms with Crippen LogP contribution < -0.4 is 10.1 Å². The summed E-state index contributed by atoms with van der Waals surface area (Å²) in [6.45, 7) is 0.176. The molecule has 0 aromatic heterocycles. The van der Waals surface area contributed by atoms with Crippen LogP contribution in [0.3, 0.4) is 0 Å². The highest BCUT2D eigenvalue weighted by molar-refractivity contribution is 6.04. The molecule has 3 aromatic rings. The number of amides is 1. The van der Waals surface area contributed by atoms with Gasteiger partial charge in [0.2, 0.25) is 0 Å². The Bertz CT molecular complexity index is 1430. The molecule has 0 aliphatic rings. The smallest absolute Gasteiger partial charge is 0.489 e. The van der Waals surface area contributed by atoms with Crippen molar-refractivity contribution in [3.63, 3.8) is 0 Å². The molecular formula is C26H16F13NO4. The molecular weight excluding hydrogens is 637 g/mol. The second kappa shape index (κ2) is 12.1. The molecule has 44 heavy (non-hydrogen) atoms. The number of ether oxygens (including phenoxy) is 3. The van der Waals surface area contributed by atoms with Crippen LogP contribution in [-0.2, 0) is 22.0 Å². The van der Waals surface area contributed by atoms with Gasteiger partial charge in [0, 0.05) is 16.8 Å². The molecule has 3 rings (SSSR count). The van der Waals surface area contributed by atoms with E-state index in [-0.39, 0.29) is 24.3 Å². The van der Waals surface area contributed by atoms with Gasteiger partial charge in [-0.15, -0.1) is 13.2 Å². The number of anilines is 1. The zero-order valence-electron chi connectivity index (χ0n) is 21.3. The van der Waals surface area contributed by atoms with Gasteiger partial charge in [-0.25, -0.2) is 9.47 Å². The van der Waals surface area contributed by atoms with Crippen molar-refractivity contribution in [2.75, 3.05) is 5.32 Å². The predicted molar refractivity (Wildman–Crippen MR) is 124 cm³/mol. The average molecular weight is 653 g/mol. The molecule has 0 unspecified atom stereocenters. The number of hydrogen-bond donors (Lipinski definition) is 1. The molecule has 3 aromatic carbocycles. The first-order valence-electron chi connectivity index (χ1n) is 11.6. The Morgan fingerprint density at radius 2 is 1.20 bits per heavy atom. The van der Waals surface area contributed by atoms with Gasteiger partial charge in [-0.3, -0.25) is 4.79 Å². The molecule has 0 radical (unpaired) electrons. The second-order valence-corrected chi connectivity index (χ2v) is 8.68. The fourth-order valence-electron chi connectivity index (χ4n) is 3.28. The Morgan fingerprint density at radius 3 is 1.77 bits per heavy atom. The van der Waals surface area contributed by atoms with E-state index in [4.69, 9.17) is 4.74 Å². The summed E-state index contributed by atoms with van der Waals surface area (Å²) in [6.07, 6.45) is -28.0. The fourth-order valence-corrected chi connectivity index (χ4v) is 3.28. The van der Waals surface area contributed by atoms with Gasteiger partial charge < -0.3 is 10.1 Å². The molecule has 0 fully saturated rings. The Balaban J connectivity index is 1.74. The van der Waals surface area contributed by atoms with Gasteiger partial charge in [-0.2, -0.15) is 43.9 Å². The minimum Gasteiger partial charge on any atom is -0.489 e. The summed E-state index contributed by atoms with van der Waals surface area (Å²) in [6, 6.07) is 15.8. The van der Waals surface area contributed by atoms with Crippen molar-refractivity contribution < 1.29 is 76.1 Å². The normalized spacial score (nSPS) is 13.5. The molecule has 0 bridgehead atoms. The average Bonchev–Trinajstić information content (AvgIpc) is 2.90. The molecule has 0 spiro atoms. The third-order valence-corrected chi connectivity index (χ3v) is 5.44. The SMILES string of the molecule is O=C(Nc1cccc(C(F)(F)C(F)(F)OC(F)(F)C(F)(F)C(F)(F)OC(F)(F)F)c1)c1ccc(OCc2ccccc2)cc1. The molecule has 0 aliphatic carbocycles. The minimum atomic E-state index is -7.53. The highest BCUT2D eigenvalue weighted by atomic mass is 19.4. The lowest BCUT2D eigenvalue weighted by molar-refractivity contribution is -0.535. The van der Waals surface area contributed by atoms with Crippen molar-refractivity contribution >= 4 is 11.6 Å². The van der Waals surface area contributed by atoms with Crippen LogP contribution in [0.2, 0.25) is 0 Å². The van der Waals surface area contributed by atoms with E-state index < -0.39 is 53.7 Å². The largest absolute Gasteiger partial charge is 0.527 e. The first kappa shape index (κ1) is 34.4. The summed E-state index contributed by atoms with van der Waals surface area (Å²) in [4.78, 5) is 12.5. The van der Waals surface area contributed by atoms with Gasteiger partial charge in [0.05, 0.1) is 0 Å². The molecule has 1 amide bonds. The van der Waals surface area contributed by atoms with Crippen LogP contribution in [0.4, 0.5) is 62.8 Å². The Hall–Kier alpha value is -4.06. The lowest BCUT2D eigenvalue weighted by Gasteiger charge is -2.35. The van der Waals surface area contributed by atoms with Crippen molar-refractivity contribution in [1.82, 2.24) is 0 Å². The molecule has 5 nitrogen and oxygen atoms in total. The highest BCUT2D eigenvalue weighted by Crippen LogP contribution is 2.54. The van der Waals surface area contributed by atoms with E-state index in [0.29, 0.717) is 11.8 Å². The Morgan fingerprint density at radius 1 is 0.636 bits per heavy atom. The number of hydrogen-bond acceptors (Lipinski definition) is 4. The second-order valence-electron chi connectivity index (χ2n) is 8.68. The van der Waals surface area contributed by atoms with Crippen LogP contribution in [0.5, 0.6) is 5.75 Å². The van der Waals surface area contributed by atoms with Gasteiger partial charge in [-0.05, 0) is 42.0 Å². The molecule has 0 saturated carbocycles. The maximum absolute atomic E-state index is 14.5. The molecule has 240 valence electrons. The van der Waals surface area contributed by atoms with Crippen LogP contribution in [-0.4, -0.2) is 36.5 Å². The molecule has 0 saturated heterocycles. The first-order chi connectivity index (χ1) is 20.1. The van der Waals surface area contributed by atoms with Gasteiger partial charge in [0.25, 0.3) is 5.91 Å². The fraction of sp³-hybridized carbons (Fsp3) is 0.269. The third kappa shape index (κ3) is 7.71. The Kier molecular flexibility index (Phi) is 9.50. The summed E-state index contributed by atoms with van der Waals surface area (Å²) in [5.74, 6) is -14.2. The van der Waals surface area contributed by atoms with Gasteiger partial charge in [0.15, 0.2) is 0 Å². The monoisotopic (exact) mass is 653 g/mol. The zero-order valence-corrected chi connectivity index (χ0v) is 21.3. The van der Waals surface area contributed by atoms with Gasteiger partial charge in [0.1, 0.15) is 12.4 Å².